The summed E-state index contributed by atoms with van der Waals surface area (Å²) < 4.78 is 21.7. The number of hydrogen-bond acceptors (Lipinski definition) is 8. The fourth-order valence-electron chi connectivity index (χ4n) is 5.18. The van der Waals surface area contributed by atoms with E-state index in [1.165, 1.54) is 45.6 Å². The molecule has 0 saturated heterocycles. The second kappa shape index (κ2) is 19.4. The van der Waals surface area contributed by atoms with Gasteiger partial charge >= 0.3 is 11.9 Å². The summed E-state index contributed by atoms with van der Waals surface area (Å²) in [4.78, 5) is 50.3. The van der Waals surface area contributed by atoms with Crippen molar-refractivity contribution in [3.8, 4) is 23.0 Å². The number of nitrogens with one attached hydrogen (secondary N) is 2. The van der Waals surface area contributed by atoms with E-state index in [4.69, 9.17) is 18.9 Å². The molecule has 0 aliphatic heterocycles. The topological polar surface area (TPSA) is 149 Å². The Morgan fingerprint density at radius 3 is 1.90 bits per heavy atom. The van der Waals surface area contributed by atoms with Crippen molar-refractivity contribution in [2.45, 2.75) is 57.9 Å². The predicted octanol–water partition coefficient (Wildman–Crippen LogP) is 6.88. The van der Waals surface area contributed by atoms with Crippen molar-refractivity contribution in [3.05, 3.63) is 113 Å². The molecule has 4 rings (SSSR count). The fraction of sp³-hybridized carbons (Fsp3) is 0.300. The molecule has 3 N–H and O–H groups in total. The van der Waals surface area contributed by atoms with Gasteiger partial charge < -0.3 is 34.7 Å². The van der Waals surface area contributed by atoms with Gasteiger partial charge in [-0.05, 0) is 90.3 Å². The van der Waals surface area contributed by atoms with E-state index in [9.17, 15) is 24.3 Å². The SMILES string of the molecule is CCCCCCCOc1ccc(C(=O)Oc2ccc(CC(NC(=O)c3ccc(NC(=O)Cc4cc(OC)cc(OC)c4)cc3)C(=O)O)cc2)cc1. The number of aliphatic carboxylic acids is 1. The first-order valence-corrected chi connectivity index (χ1v) is 16.9. The van der Waals surface area contributed by atoms with Crippen LogP contribution in [0.25, 0.3) is 0 Å². The number of esters is 1. The summed E-state index contributed by atoms with van der Waals surface area (Å²) in [5.74, 6) is -0.491. The molecule has 4 aromatic rings. The molecule has 0 fully saturated rings. The van der Waals surface area contributed by atoms with Crippen molar-refractivity contribution < 1.29 is 43.2 Å². The van der Waals surface area contributed by atoms with E-state index >= 15 is 0 Å². The average molecular weight is 697 g/mol. The number of ether oxygens (including phenoxy) is 4. The van der Waals surface area contributed by atoms with E-state index in [-0.39, 0.29) is 24.3 Å². The average Bonchev–Trinajstić information content (AvgIpc) is 3.13. The van der Waals surface area contributed by atoms with Crippen LogP contribution in [-0.2, 0) is 22.4 Å². The van der Waals surface area contributed by atoms with Crippen LogP contribution >= 0.6 is 0 Å². The molecule has 1 unspecified atom stereocenters. The molecule has 0 heterocycles. The summed E-state index contributed by atoms with van der Waals surface area (Å²) in [6.45, 7) is 2.81. The van der Waals surface area contributed by atoms with Crippen LogP contribution in [-0.4, -0.2) is 55.7 Å². The maximum absolute atomic E-state index is 12.9. The lowest BCUT2D eigenvalue weighted by atomic mass is 10.0. The Hall–Kier alpha value is -5.84. The molecule has 0 aliphatic carbocycles. The lowest BCUT2D eigenvalue weighted by molar-refractivity contribution is -0.139. The zero-order valence-corrected chi connectivity index (χ0v) is 29.1. The second-order valence-corrected chi connectivity index (χ2v) is 11.9. The monoisotopic (exact) mass is 696 g/mol. The minimum Gasteiger partial charge on any atom is -0.497 e. The molecule has 268 valence electrons. The number of unbranched alkanes of at least 4 members (excludes halogenated alkanes) is 4. The van der Waals surface area contributed by atoms with Gasteiger partial charge in [-0.1, -0.05) is 44.7 Å². The highest BCUT2D eigenvalue weighted by Gasteiger charge is 2.22. The molecule has 0 bridgehead atoms. The number of benzene rings is 4. The molecule has 4 aromatic carbocycles. The quantitative estimate of drug-likeness (QED) is 0.0542. The summed E-state index contributed by atoms with van der Waals surface area (Å²) in [6, 6.07) is 23.3. The van der Waals surface area contributed by atoms with Crippen LogP contribution in [0.5, 0.6) is 23.0 Å². The molecule has 1 atom stereocenters. The zero-order valence-electron chi connectivity index (χ0n) is 29.1. The first-order valence-electron chi connectivity index (χ1n) is 16.9. The minimum atomic E-state index is -1.22. The van der Waals surface area contributed by atoms with Crippen LogP contribution in [0.1, 0.15) is 70.9 Å². The molecule has 11 nitrogen and oxygen atoms in total. The molecule has 11 heteroatoms. The number of hydrogen-bond donors (Lipinski definition) is 3. The van der Waals surface area contributed by atoms with Crippen LogP contribution < -0.4 is 29.6 Å². The highest BCUT2D eigenvalue weighted by molar-refractivity contribution is 5.98. The first-order chi connectivity index (χ1) is 24.7. The van der Waals surface area contributed by atoms with E-state index in [0.717, 1.165) is 12.8 Å². The maximum Gasteiger partial charge on any atom is 0.343 e. The van der Waals surface area contributed by atoms with Crippen LogP contribution in [0.15, 0.2) is 91.0 Å². The molecule has 0 radical (unpaired) electrons. The second-order valence-electron chi connectivity index (χ2n) is 11.9. The van der Waals surface area contributed by atoms with E-state index in [0.29, 0.717) is 52.0 Å². The van der Waals surface area contributed by atoms with Gasteiger partial charge in [0, 0.05) is 23.7 Å². The first kappa shape index (κ1) is 38.0. The number of carbonyl (C=O) groups excluding carboxylic acids is 3. The van der Waals surface area contributed by atoms with E-state index in [1.54, 1.807) is 78.9 Å². The Morgan fingerprint density at radius 1 is 0.686 bits per heavy atom. The number of carboxylic acids is 1. The lowest BCUT2D eigenvalue weighted by Crippen LogP contribution is -2.42. The van der Waals surface area contributed by atoms with Gasteiger partial charge in [0.2, 0.25) is 5.91 Å². The van der Waals surface area contributed by atoms with Crippen LogP contribution in [0.3, 0.4) is 0 Å². The van der Waals surface area contributed by atoms with Gasteiger partial charge in [-0.2, -0.15) is 0 Å². The largest absolute Gasteiger partial charge is 0.497 e. The van der Waals surface area contributed by atoms with Gasteiger partial charge in [-0.3, -0.25) is 9.59 Å². The number of carbonyl (C=O) groups is 4. The Kier molecular flexibility index (Phi) is 14.4. The molecule has 0 aromatic heterocycles. The molecule has 0 spiro atoms. The van der Waals surface area contributed by atoms with Crippen LogP contribution in [0, 0.1) is 0 Å². The molecule has 0 aliphatic rings. The van der Waals surface area contributed by atoms with Gasteiger partial charge in [0.15, 0.2) is 0 Å². The van der Waals surface area contributed by atoms with Gasteiger partial charge in [0.05, 0.1) is 32.8 Å². The Balaban J connectivity index is 1.25. The number of anilines is 1. The van der Waals surface area contributed by atoms with Crippen molar-refractivity contribution in [3.63, 3.8) is 0 Å². The Labute approximate surface area is 297 Å². The van der Waals surface area contributed by atoms with Crippen LogP contribution in [0.4, 0.5) is 5.69 Å². The summed E-state index contributed by atoms with van der Waals surface area (Å²) in [7, 11) is 3.06. The number of methoxy groups -OCH3 is 2. The van der Waals surface area contributed by atoms with Crippen molar-refractivity contribution >= 4 is 29.4 Å². The van der Waals surface area contributed by atoms with Crippen molar-refractivity contribution in [1.82, 2.24) is 5.32 Å². The molecule has 0 saturated carbocycles. The molecular weight excluding hydrogens is 652 g/mol. The highest BCUT2D eigenvalue weighted by atomic mass is 16.5. The predicted molar refractivity (Wildman–Crippen MR) is 193 cm³/mol. The Bertz CT molecular complexity index is 1730. The highest BCUT2D eigenvalue weighted by Crippen LogP contribution is 2.23. The fourth-order valence-corrected chi connectivity index (χ4v) is 5.18. The van der Waals surface area contributed by atoms with Gasteiger partial charge in [-0.15, -0.1) is 0 Å². The molecule has 51 heavy (non-hydrogen) atoms. The lowest BCUT2D eigenvalue weighted by Gasteiger charge is -2.15. The normalized spacial score (nSPS) is 11.2. The van der Waals surface area contributed by atoms with E-state index < -0.39 is 23.9 Å². The molecule has 2 amide bonds. The number of amides is 2. The van der Waals surface area contributed by atoms with Gasteiger partial charge in [0.1, 0.15) is 29.0 Å². The summed E-state index contributed by atoms with van der Waals surface area (Å²) in [6.07, 6.45) is 5.81. The van der Waals surface area contributed by atoms with E-state index in [1.807, 2.05) is 0 Å². The van der Waals surface area contributed by atoms with Crippen molar-refractivity contribution in [2.75, 3.05) is 26.1 Å². The summed E-state index contributed by atoms with van der Waals surface area (Å²) in [5, 5.41) is 15.1. The molecular formula is C40H44N2O9. The Morgan fingerprint density at radius 2 is 1.29 bits per heavy atom. The summed E-state index contributed by atoms with van der Waals surface area (Å²) in [5.41, 5.74) is 2.38. The third-order valence-electron chi connectivity index (χ3n) is 7.99. The van der Waals surface area contributed by atoms with Gasteiger partial charge in [-0.25, -0.2) is 9.59 Å². The van der Waals surface area contributed by atoms with Crippen LogP contribution in [0.2, 0.25) is 0 Å². The van der Waals surface area contributed by atoms with E-state index in [2.05, 4.69) is 17.6 Å². The van der Waals surface area contributed by atoms with Gasteiger partial charge in [0.25, 0.3) is 5.91 Å². The third kappa shape index (κ3) is 12.2. The number of carboxylic acid groups (broad SMARTS) is 1. The maximum atomic E-state index is 12.9. The smallest absolute Gasteiger partial charge is 0.343 e. The van der Waals surface area contributed by atoms with Crippen molar-refractivity contribution in [2.24, 2.45) is 0 Å². The third-order valence-corrected chi connectivity index (χ3v) is 7.99. The number of rotatable bonds is 19. The standard InChI is InChI=1S/C40H44N2O9/c1-4-5-6-7-8-21-50-32-19-13-30(14-20-32)40(47)51-33-17-9-27(10-18-33)24-36(39(45)46)42-38(44)29-11-15-31(16-12-29)41-37(43)25-28-22-34(48-2)26-35(23-28)49-3/h9-20,22-23,26,36H,4-8,21,24-25H2,1-3H3,(H,41,43)(H,42,44)(H,45,46). The van der Waals surface area contributed by atoms with Crippen molar-refractivity contribution in [1.29, 1.82) is 0 Å². The minimum absolute atomic E-state index is 0.00142. The summed E-state index contributed by atoms with van der Waals surface area (Å²) >= 11 is 0. The zero-order chi connectivity index (χ0) is 36.6.